The van der Waals surface area contributed by atoms with Crippen LogP contribution in [0, 0.1) is 19.8 Å². The van der Waals surface area contributed by atoms with Crippen LogP contribution in [0.4, 0.5) is 0 Å². The van der Waals surface area contributed by atoms with Crippen molar-refractivity contribution in [3.05, 3.63) is 45.7 Å². The van der Waals surface area contributed by atoms with E-state index in [1.54, 1.807) is 0 Å². The Balaban J connectivity index is 1.79. The first-order valence-corrected chi connectivity index (χ1v) is 9.42. The monoisotopic (exact) mass is 389 g/mol. The van der Waals surface area contributed by atoms with E-state index in [4.69, 9.17) is 0 Å². The summed E-state index contributed by atoms with van der Waals surface area (Å²) in [5.74, 6) is 0.795. The molecule has 0 N–H and O–H groups in total. The molecule has 1 amide bonds. The number of likely N-dealkylation sites (tertiary alicyclic amines) is 1. The normalized spacial score (nSPS) is 18.0. The second-order valence-corrected chi connectivity index (χ2v) is 7.40. The molecule has 1 aromatic heterocycles. The molecule has 4 nitrogen and oxygen atoms in total. The number of amides is 1. The summed E-state index contributed by atoms with van der Waals surface area (Å²) < 4.78 is 2.93. The van der Waals surface area contributed by atoms with Crippen LogP contribution in [0.25, 0.3) is 5.69 Å². The van der Waals surface area contributed by atoms with E-state index in [0.29, 0.717) is 5.92 Å². The Morgan fingerprint density at radius 2 is 2.00 bits per heavy atom. The lowest BCUT2D eigenvalue weighted by atomic mass is 9.95. The van der Waals surface area contributed by atoms with Crippen molar-refractivity contribution in [1.82, 2.24) is 14.7 Å². The molecule has 1 fully saturated rings. The van der Waals surface area contributed by atoms with E-state index in [-0.39, 0.29) is 5.91 Å². The molecular formula is C19H24BrN3O. The molecule has 1 aliphatic heterocycles. The number of aromatic nitrogens is 2. The van der Waals surface area contributed by atoms with Gasteiger partial charge in [0, 0.05) is 18.7 Å². The average Bonchev–Trinajstić information content (AvgIpc) is 2.88. The summed E-state index contributed by atoms with van der Waals surface area (Å²) in [4.78, 5) is 14.7. The lowest BCUT2D eigenvalue weighted by Gasteiger charge is -2.32. The first-order chi connectivity index (χ1) is 11.5. The lowest BCUT2D eigenvalue weighted by molar-refractivity contribution is 0.0671. The molecular weight excluding hydrogens is 366 g/mol. The lowest BCUT2D eigenvalue weighted by Crippen LogP contribution is -2.39. The number of rotatable bonds is 3. The van der Waals surface area contributed by atoms with Crippen molar-refractivity contribution < 1.29 is 4.79 Å². The summed E-state index contributed by atoms with van der Waals surface area (Å²) in [6.07, 6.45) is 3.50. The number of nitrogens with zero attached hydrogens (tertiary/aromatic N) is 3. The van der Waals surface area contributed by atoms with Gasteiger partial charge in [-0.15, -0.1) is 0 Å². The number of aryl methyl sites for hydroxylation is 1. The molecule has 0 saturated carbocycles. The highest BCUT2D eigenvalue weighted by molar-refractivity contribution is 9.10. The third-order valence-corrected chi connectivity index (χ3v) is 6.09. The van der Waals surface area contributed by atoms with E-state index < -0.39 is 0 Å². The van der Waals surface area contributed by atoms with E-state index in [1.165, 1.54) is 6.42 Å². The van der Waals surface area contributed by atoms with Gasteiger partial charge in [-0.3, -0.25) is 4.79 Å². The summed E-state index contributed by atoms with van der Waals surface area (Å²) in [5.41, 5.74) is 3.76. The molecule has 1 atom stereocenters. The number of piperidine rings is 1. The predicted octanol–water partition coefficient (Wildman–Crippen LogP) is 4.51. The maximum absolute atomic E-state index is 12.7. The molecule has 0 bridgehead atoms. The third-order valence-electron chi connectivity index (χ3n) is 4.95. The number of halogens is 1. The van der Waals surface area contributed by atoms with Gasteiger partial charge in [0.15, 0.2) is 0 Å². The molecule has 1 aromatic carbocycles. The molecule has 0 radical (unpaired) electrons. The average molecular weight is 390 g/mol. The molecule has 24 heavy (non-hydrogen) atoms. The minimum atomic E-state index is 0.147. The van der Waals surface area contributed by atoms with E-state index in [2.05, 4.69) is 28.0 Å². The number of benzene rings is 1. The molecule has 5 heteroatoms. The summed E-state index contributed by atoms with van der Waals surface area (Å²) in [6.45, 7) is 7.98. The van der Waals surface area contributed by atoms with Gasteiger partial charge in [-0.1, -0.05) is 13.3 Å². The molecule has 2 aromatic rings. The molecule has 1 saturated heterocycles. The quantitative estimate of drug-likeness (QED) is 0.773. The van der Waals surface area contributed by atoms with Gasteiger partial charge in [0.2, 0.25) is 0 Å². The van der Waals surface area contributed by atoms with Crippen molar-refractivity contribution in [3.63, 3.8) is 0 Å². The van der Waals surface area contributed by atoms with Crippen molar-refractivity contribution in [1.29, 1.82) is 0 Å². The molecule has 1 aliphatic rings. The molecule has 3 rings (SSSR count). The summed E-state index contributed by atoms with van der Waals surface area (Å²) in [5, 5.41) is 4.54. The summed E-state index contributed by atoms with van der Waals surface area (Å²) in [6, 6.07) is 7.77. The van der Waals surface area contributed by atoms with Gasteiger partial charge in [0.1, 0.15) is 0 Å². The Morgan fingerprint density at radius 1 is 1.29 bits per heavy atom. The van der Waals surface area contributed by atoms with Crippen LogP contribution < -0.4 is 0 Å². The number of carbonyl (C=O) groups excluding carboxylic acids is 1. The fraction of sp³-hybridized carbons (Fsp3) is 0.474. The zero-order valence-corrected chi connectivity index (χ0v) is 16.1. The second kappa shape index (κ2) is 7.09. The minimum Gasteiger partial charge on any atom is -0.338 e. The van der Waals surface area contributed by atoms with Gasteiger partial charge in [0.05, 0.1) is 21.5 Å². The third kappa shape index (κ3) is 3.27. The topological polar surface area (TPSA) is 38.1 Å². The van der Waals surface area contributed by atoms with Crippen molar-refractivity contribution >= 4 is 21.8 Å². The van der Waals surface area contributed by atoms with Gasteiger partial charge < -0.3 is 4.90 Å². The highest BCUT2D eigenvalue weighted by Crippen LogP contribution is 2.24. The van der Waals surface area contributed by atoms with Crippen LogP contribution in [0.15, 0.2) is 28.7 Å². The fourth-order valence-corrected chi connectivity index (χ4v) is 3.63. The Labute approximate surface area is 152 Å². The molecule has 1 unspecified atom stereocenters. The van der Waals surface area contributed by atoms with E-state index in [9.17, 15) is 4.79 Å². The molecule has 0 aliphatic carbocycles. The van der Waals surface area contributed by atoms with Crippen LogP contribution in [0.3, 0.4) is 0 Å². The first kappa shape index (κ1) is 17.2. The van der Waals surface area contributed by atoms with Crippen molar-refractivity contribution in [3.8, 4) is 5.69 Å². The Bertz CT molecular complexity index is 736. The van der Waals surface area contributed by atoms with Crippen LogP contribution in [0.1, 0.15) is 47.9 Å². The van der Waals surface area contributed by atoms with Gasteiger partial charge in [0.25, 0.3) is 5.91 Å². The fourth-order valence-electron chi connectivity index (χ4n) is 3.39. The summed E-state index contributed by atoms with van der Waals surface area (Å²) >= 11 is 3.56. The smallest absolute Gasteiger partial charge is 0.253 e. The molecule has 128 valence electrons. The van der Waals surface area contributed by atoms with Crippen LogP contribution >= 0.6 is 15.9 Å². The number of hydrogen-bond acceptors (Lipinski definition) is 2. The standard InChI is InChI=1S/C19H24BrN3O/c1-4-15-6-5-11-22(12-15)19(24)16-7-9-17(10-8-16)23-14(3)18(20)13(2)21-23/h7-10,15H,4-6,11-12H2,1-3H3. The zero-order chi connectivity index (χ0) is 17.3. The van der Waals surface area contributed by atoms with E-state index in [1.807, 2.05) is 47.7 Å². The Hall–Kier alpha value is -1.62. The van der Waals surface area contributed by atoms with E-state index >= 15 is 0 Å². The SMILES string of the molecule is CCC1CCCN(C(=O)c2ccc(-n3nc(C)c(Br)c3C)cc2)C1. The highest BCUT2D eigenvalue weighted by atomic mass is 79.9. The number of hydrogen-bond donors (Lipinski definition) is 0. The molecule has 2 heterocycles. The van der Waals surface area contributed by atoms with Gasteiger partial charge in [-0.05, 0) is 72.8 Å². The van der Waals surface area contributed by atoms with Crippen LogP contribution in [0.2, 0.25) is 0 Å². The maximum atomic E-state index is 12.7. The van der Waals surface area contributed by atoms with Crippen LogP contribution in [0.5, 0.6) is 0 Å². The molecule has 0 spiro atoms. The van der Waals surface area contributed by atoms with Crippen molar-refractivity contribution in [2.75, 3.05) is 13.1 Å². The van der Waals surface area contributed by atoms with Crippen molar-refractivity contribution in [2.24, 2.45) is 5.92 Å². The highest BCUT2D eigenvalue weighted by Gasteiger charge is 2.23. The van der Waals surface area contributed by atoms with E-state index in [0.717, 1.165) is 53.0 Å². The van der Waals surface area contributed by atoms with Crippen LogP contribution in [-0.4, -0.2) is 33.7 Å². The first-order valence-electron chi connectivity index (χ1n) is 8.62. The minimum absolute atomic E-state index is 0.147. The van der Waals surface area contributed by atoms with Crippen molar-refractivity contribution in [2.45, 2.75) is 40.0 Å². The second-order valence-electron chi connectivity index (χ2n) is 6.61. The predicted molar refractivity (Wildman–Crippen MR) is 99.7 cm³/mol. The number of carbonyl (C=O) groups is 1. The van der Waals surface area contributed by atoms with Gasteiger partial charge in [-0.2, -0.15) is 5.10 Å². The Kier molecular flexibility index (Phi) is 5.09. The van der Waals surface area contributed by atoms with Crippen LogP contribution in [-0.2, 0) is 0 Å². The summed E-state index contributed by atoms with van der Waals surface area (Å²) in [7, 11) is 0. The maximum Gasteiger partial charge on any atom is 0.253 e. The van der Waals surface area contributed by atoms with Gasteiger partial charge >= 0.3 is 0 Å². The van der Waals surface area contributed by atoms with Gasteiger partial charge in [-0.25, -0.2) is 4.68 Å². The largest absolute Gasteiger partial charge is 0.338 e. The zero-order valence-electron chi connectivity index (χ0n) is 14.6. The Morgan fingerprint density at radius 3 is 2.58 bits per heavy atom.